The van der Waals surface area contributed by atoms with Crippen LogP contribution >= 0.6 is 34.8 Å². The van der Waals surface area contributed by atoms with Gasteiger partial charge < -0.3 is 4.90 Å². The number of halogens is 3. The van der Waals surface area contributed by atoms with Crippen LogP contribution in [0.3, 0.4) is 0 Å². The standard InChI is InChI=1S/C20H22Cl3N3/c1-14(24-25-20-18(22)12-16(21)13-19(20)23)15-6-8-17(9-7-15)26-10-4-2-3-5-11-26/h6-9,12-13,25H,2-5,10-11H2,1H3. The highest BCUT2D eigenvalue weighted by Crippen LogP contribution is 2.33. The average molecular weight is 411 g/mol. The summed E-state index contributed by atoms with van der Waals surface area (Å²) in [6, 6.07) is 11.8. The quantitative estimate of drug-likeness (QED) is 0.440. The predicted molar refractivity (Wildman–Crippen MR) is 114 cm³/mol. The Labute approximate surface area is 169 Å². The fourth-order valence-electron chi connectivity index (χ4n) is 3.10. The van der Waals surface area contributed by atoms with Crippen molar-refractivity contribution >= 4 is 51.9 Å². The molecule has 0 aromatic heterocycles. The molecule has 0 atom stereocenters. The number of benzene rings is 2. The summed E-state index contributed by atoms with van der Waals surface area (Å²) in [7, 11) is 0. The first-order valence-corrected chi connectivity index (χ1v) is 9.98. The van der Waals surface area contributed by atoms with E-state index in [0.29, 0.717) is 20.8 Å². The van der Waals surface area contributed by atoms with E-state index in [1.807, 2.05) is 6.92 Å². The van der Waals surface area contributed by atoms with Gasteiger partial charge in [-0.15, -0.1) is 0 Å². The van der Waals surface area contributed by atoms with E-state index in [1.54, 1.807) is 12.1 Å². The highest BCUT2D eigenvalue weighted by Gasteiger charge is 2.10. The van der Waals surface area contributed by atoms with E-state index in [0.717, 1.165) is 24.4 Å². The smallest absolute Gasteiger partial charge is 0.0935 e. The van der Waals surface area contributed by atoms with Crippen molar-refractivity contribution in [3.05, 3.63) is 57.0 Å². The molecule has 0 saturated carbocycles. The monoisotopic (exact) mass is 409 g/mol. The van der Waals surface area contributed by atoms with Gasteiger partial charge in [0.05, 0.1) is 21.4 Å². The summed E-state index contributed by atoms with van der Waals surface area (Å²) in [5.74, 6) is 0. The highest BCUT2D eigenvalue weighted by molar-refractivity contribution is 6.41. The summed E-state index contributed by atoms with van der Waals surface area (Å²) in [6.07, 6.45) is 5.22. The van der Waals surface area contributed by atoms with Gasteiger partial charge in [0.1, 0.15) is 0 Å². The first-order chi connectivity index (χ1) is 12.5. The number of anilines is 2. The fourth-order valence-corrected chi connectivity index (χ4v) is 4.00. The number of hydrazone groups is 1. The molecule has 1 saturated heterocycles. The van der Waals surface area contributed by atoms with Gasteiger partial charge in [0.15, 0.2) is 0 Å². The summed E-state index contributed by atoms with van der Waals surface area (Å²) in [5, 5.41) is 5.79. The van der Waals surface area contributed by atoms with E-state index in [-0.39, 0.29) is 0 Å². The van der Waals surface area contributed by atoms with Gasteiger partial charge in [-0.25, -0.2) is 0 Å². The predicted octanol–water partition coefficient (Wildman–Crippen LogP) is 6.86. The molecule has 0 amide bonds. The van der Waals surface area contributed by atoms with Gasteiger partial charge in [-0.1, -0.05) is 59.8 Å². The van der Waals surface area contributed by atoms with Gasteiger partial charge in [-0.2, -0.15) is 5.10 Å². The first-order valence-electron chi connectivity index (χ1n) is 8.85. The van der Waals surface area contributed by atoms with Crippen LogP contribution in [-0.2, 0) is 0 Å². The molecule has 1 fully saturated rings. The SMILES string of the molecule is CC(=NNc1c(Cl)cc(Cl)cc1Cl)c1ccc(N2CCCCCC2)cc1. The second kappa shape index (κ2) is 8.98. The van der Waals surface area contributed by atoms with E-state index in [9.17, 15) is 0 Å². The van der Waals surface area contributed by atoms with Crippen molar-refractivity contribution < 1.29 is 0 Å². The van der Waals surface area contributed by atoms with Crippen LogP contribution in [0.2, 0.25) is 15.1 Å². The Morgan fingerprint density at radius 3 is 2.08 bits per heavy atom. The van der Waals surface area contributed by atoms with Crippen molar-refractivity contribution in [3.8, 4) is 0 Å². The first kappa shape index (κ1) is 19.3. The molecule has 0 radical (unpaired) electrons. The average Bonchev–Trinajstić information content (AvgIpc) is 2.90. The molecule has 26 heavy (non-hydrogen) atoms. The van der Waals surface area contributed by atoms with Crippen molar-refractivity contribution in [2.75, 3.05) is 23.4 Å². The molecule has 138 valence electrons. The largest absolute Gasteiger partial charge is 0.372 e. The van der Waals surface area contributed by atoms with E-state index in [2.05, 4.69) is 39.7 Å². The summed E-state index contributed by atoms with van der Waals surface area (Å²) in [5.41, 5.74) is 6.69. The molecule has 1 aliphatic rings. The zero-order valence-corrected chi connectivity index (χ0v) is 17.0. The lowest BCUT2D eigenvalue weighted by atomic mass is 10.1. The van der Waals surface area contributed by atoms with Gasteiger partial charge in [-0.3, -0.25) is 5.43 Å². The van der Waals surface area contributed by atoms with Gasteiger partial charge in [0.2, 0.25) is 0 Å². The summed E-state index contributed by atoms with van der Waals surface area (Å²) >= 11 is 18.3. The molecular weight excluding hydrogens is 389 g/mol. The van der Waals surface area contributed by atoms with Crippen LogP contribution in [0, 0.1) is 0 Å². The third kappa shape index (κ3) is 4.85. The minimum absolute atomic E-state index is 0.440. The second-order valence-corrected chi connectivity index (χ2v) is 7.75. The molecular formula is C20H22Cl3N3. The number of nitrogens with one attached hydrogen (secondary N) is 1. The summed E-state index contributed by atoms with van der Waals surface area (Å²) in [4.78, 5) is 2.47. The van der Waals surface area contributed by atoms with Crippen molar-refractivity contribution in [3.63, 3.8) is 0 Å². The Morgan fingerprint density at radius 1 is 0.923 bits per heavy atom. The number of hydrogen-bond donors (Lipinski definition) is 1. The van der Waals surface area contributed by atoms with Crippen LogP contribution < -0.4 is 10.3 Å². The highest BCUT2D eigenvalue weighted by atomic mass is 35.5. The van der Waals surface area contributed by atoms with E-state index in [1.165, 1.54) is 31.4 Å². The lowest BCUT2D eigenvalue weighted by molar-refractivity contribution is 0.726. The molecule has 1 N–H and O–H groups in total. The second-order valence-electron chi connectivity index (χ2n) is 6.50. The minimum atomic E-state index is 0.440. The Bertz CT molecular complexity index is 756. The van der Waals surface area contributed by atoms with Crippen LogP contribution in [0.15, 0.2) is 41.5 Å². The Balaban J connectivity index is 1.71. The normalized spacial score (nSPS) is 15.7. The fraction of sp³-hybridized carbons (Fsp3) is 0.350. The van der Waals surface area contributed by atoms with Crippen LogP contribution in [0.25, 0.3) is 0 Å². The van der Waals surface area contributed by atoms with E-state index >= 15 is 0 Å². The van der Waals surface area contributed by atoms with Gasteiger partial charge in [-0.05, 0) is 49.6 Å². The maximum atomic E-state index is 6.18. The van der Waals surface area contributed by atoms with Crippen LogP contribution in [0.1, 0.15) is 38.2 Å². The van der Waals surface area contributed by atoms with E-state index < -0.39 is 0 Å². The lowest BCUT2D eigenvalue weighted by Gasteiger charge is -2.22. The van der Waals surface area contributed by atoms with Crippen LogP contribution in [0.5, 0.6) is 0 Å². The van der Waals surface area contributed by atoms with Gasteiger partial charge in [0.25, 0.3) is 0 Å². The van der Waals surface area contributed by atoms with Gasteiger partial charge in [0, 0.05) is 23.8 Å². The summed E-state index contributed by atoms with van der Waals surface area (Å²) in [6.45, 7) is 4.23. The number of nitrogens with zero attached hydrogens (tertiary/aromatic N) is 2. The van der Waals surface area contributed by atoms with Crippen molar-refractivity contribution in [1.29, 1.82) is 0 Å². The topological polar surface area (TPSA) is 27.6 Å². The molecule has 0 spiro atoms. The van der Waals surface area contributed by atoms with E-state index in [4.69, 9.17) is 34.8 Å². The molecule has 3 nitrogen and oxygen atoms in total. The minimum Gasteiger partial charge on any atom is -0.372 e. The Kier molecular flexibility index (Phi) is 6.68. The maximum Gasteiger partial charge on any atom is 0.0935 e. The molecule has 6 heteroatoms. The third-order valence-corrected chi connectivity index (χ3v) is 5.41. The Morgan fingerprint density at radius 2 is 1.50 bits per heavy atom. The summed E-state index contributed by atoms with van der Waals surface area (Å²) < 4.78 is 0. The molecule has 0 unspecified atom stereocenters. The maximum absolute atomic E-state index is 6.18. The molecule has 0 aliphatic carbocycles. The lowest BCUT2D eigenvalue weighted by Crippen LogP contribution is -2.23. The molecule has 2 aromatic carbocycles. The number of hydrogen-bond acceptors (Lipinski definition) is 3. The zero-order valence-electron chi connectivity index (χ0n) is 14.7. The number of rotatable bonds is 4. The third-order valence-electron chi connectivity index (χ3n) is 4.60. The zero-order chi connectivity index (χ0) is 18.5. The van der Waals surface area contributed by atoms with Crippen molar-refractivity contribution in [1.82, 2.24) is 0 Å². The van der Waals surface area contributed by atoms with Crippen molar-refractivity contribution in [2.24, 2.45) is 5.10 Å². The molecule has 2 aromatic rings. The molecule has 3 rings (SSSR count). The molecule has 0 bridgehead atoms. The van der Waals surface area contributed by atoms with Gasteiger partial charge >= 0.3 is 0 Å². The van der Waals surface area contributed by atoms with Crippen molar-refractivity contribution in [2.45, 2.75) is 32.6 Å². The van der Waals surface area contributed by atoms with Crippen LogP contribution in [-0.4, -0.2) is 18.8 Å². The molecule has 1 heterocycles. The van der Waals surface area contributed by atoms with Crippen LogP contribution in [0.4, 0.5) is 11.4 Å². The molecule has 1 aliphatic heterocycles. The Hall–Kier alpha value is -1.42.